The maximum Gasteiger partial charge on any atom is 0.261 e. The van der Waals surface area contributed by atoms with E-state index in [1.165, 1.54) is 11.3 Å². The van der Waals surface area contributed by atoms with Crippen LogP contribution in [0, 0.1) is 18.8 Å². The van der Waals surface area contributed by atoms with Gasteiger partial charge in [-0.3, -0.25) is 14.6 Å². The van der Waals surface area contributed by atoms with E-state index in [4.69, 9.17) is 0 Å². The zero-order valence-corrected chi connectivity index (χ0v) is 16.7. The Balaban J connectivity index is 1.68. The first-order chi connectivity index (χ1) is 13.0. The maximum atomic E-state index is 12.8. The molecule has 0 bridgehead atoms. The van der Waals surface area contributed by atoms with E-state index in [2.05, 4.69) is 15.6 Å². The summed E-state index contributed by atoms with van der Waals surface area (Å²) in [5, 5.41) is 6.16. The molecule has 2 aromatic rings. The van der Waals surface area contributed by atoms with Gasteiger partial charge in [-0.1, -0.05) is 6.07 Å². The first-order valence-electron chi connectivity index (χ1n) is 9.55. The van der Waals surface area contributed by atoms with E-state index in [9.17, 15) is 9.59 Å². The molecular weight excluding hydrogens is 358 g/mol. The van der Waals surface area contributed by atoms with Crippen LogP contribution in [-0.4, -0.2) is 23.3 Å². The summed E-state index contributed by atoms with van der Waals surface area (Å²) in [5.41, 5.74) is 0.921. The standard InChI is InChI=1S/C21H27N3O2S/c1-14-6-11-19(27-14)21(26)24-20(18-5-3-4-12-22-18)17-9-7-16(8-10-17)13-23-15(2)25/h3-6,11-12,16-17,20H,7-10,13H2,1-2H3,(H,23,25)(H,24,26)/t16?,17?,20-/m0/s1. The summed E-state index contributed by atoms with van der Waals surface area (Å²) in [6.45, 7) is 4.32. The molecule has 1 aliphatic carbocycles. The average Bonchev–Trinajstić information content (AvgIpc) is 3.12. The Morgan fingerprint density at radius 3 is 2.56 bits per heavy atom. The van der Waals surface area contributed by atoms with Crippen molar-refractivity contribution in [2.75, 3.05) is 6.54 Å². The quantitative estimate of drug-likeness (QED) is 0.793. The van der Waals surface area contributed by atoms with Crippen molar-refractivity contribution in [1.82, 2.24) is 15.6 Å². The van der Waals surface area contributed by atoms with Gasteiger partial charge in [-0.2, -0.15) is 0 Å². The third-order valence-corrected chi connectivity index (χ3v) is 6.26. The molecule has 1 aliphatic rings. The number of hydrogen-bond acceptors (Lipinski definition) is 4. The van der Waals surface area contributed by atoms with Crippen LogP contribution >= 0.6 is 11.3 Å². The molecule has 0 aliphatic heterocycles. The van der Waals surface area contributed by atoms with Gasteiger partial charge in [0, 0.05) is 24.5 Å². The van der Waals surface area contributed by atoms with Crippen molar-refractivity contribution in [2.24, 2.45) is 11.8 Å². The van der Waals surface area contributed by atoms with E-state index in [-0.39, 0.29) is 17.9 Å². The Bertz CT molecular complexity index is 767. The topological polar surface area (TPSA) is 71.1 Å². The third kappa shape index (κ3) is 5.39. The van der Waals surface area contributed by atoms with Gasteiger partial charge in [0.2, 0.25) is 5.91 Å². The summed E-state index contributed by atoms with van der Waals surface area (Å²) in [4.78, 5) is 30.3. The number of thiophene rings is 1. The number of nitrogens with zero attached hydrogens (tertiary/aromatic N) is 1. The lowest BCUT2D eigenvalue weighted by atomic mass is 9.77. The largest absolute Gasteiger partial charge is 0.356 e. The molecular formula is C21H27N3O2S. The van der Waals surface area contributed by atoms with Crippen LogP contribution in [0.1, 0.15) is 58.9 Å². The van der Waals surface area contributed by atoms with E-state index in [1.807, 2.05) is 37.3 Å². The lowest BCUT2D eigenvalue weighted by Gasteiger charge is -2.34. The first-order valence-corrected chi connectivity index (χ1v) is 10.4. The number of carbonyl (C=O) groups is 2. The van der Waals surface area contributed by atoms with Crippen molar-refractivity contribution in [1.29, 1.82) is 0 Å². The van der Waals surface area contributed by atoms with Gasteiger partial charge in [0.05, 0.1) is 16.6 Å². The molecule has 1 atom stereocenters. The predicted molar refractivity (Wildman–Crippen MR) is 108 cm³/mol. The van der Waals surface area contributed by atoms with Gasteiger partial charge >= 0.3 is 0 Å². The van der Waals surface area contributed by atoms with Crippen molar-refractivity contribution in [3.05, 3.63) is 52.0 Å². The molecule has 2 N–H and O–H groups in total. The summed E-state index contributed by atoms with van der Waals surface area (Å²) >= 11 is 1.52. The second-order valence-electron chi connectivity index (χ2n) is 7.33. The van der Waals surface area contributed by atoms with Crippen molar-refractivity contribution in [2.45, 2.75) is 45.6 Å². The van der Waals surface area contributed by atoms with Crippen LogP contribution in [0.5, 0.6) is 0 Å². The Morgan fingerprint density at radius 1 is 1.19 bits per heavy atom. The zero-order chi connectivity index (χ0) is 19.2. The fraction of sp³-hybridized carbons (Fsp3) is 0.476. The summed E-state index contributed by atoms with van der Waals surface area (Å²) < 4.78 is 0. The minimum absolute atomic E-state index is 0.0240. The van der Waals surface area contributed by atoms with Crippen molar-refractivity contribution in [3.63, 3.8) is 0 Å². The molecule has 5 nitrogen and oxygen atoms in total. The molecule has 3 rings (SSSR count). The van der Waals surface area contributed by atoms with Gasteiger partial charge in [0.15, 0.2) is 0 Å². The Morgan fingerprint density at radius 2 is 1.96 bits per heavy atom. The SMILES string of the molecule is CC(=O)NCC1CCC([C@H](NC(=O)c2ccc(C)s2)c2ccccn2)CC1. The van der Waals surface area contributed by atoms with Crippen LogP contribution in [0.2, 0.25) is 0 Å². The summed E-state index contributed by atoms with van der Waals surface area (Å²) in [6.07, 6.45) is 5.95. The van der Waals surface area contributed by atoms with Gasteiger partial charge in [0.1, 0.15) is 0 Å². The highest BCUT2D eigenvalue weighted by Gasteiger charge is 2.31. The highest BCUT2D eigenvalue weighted by atomic mass is 32.1. The van der Waals surface area contributed by atoms with Crippen LogP contribution in [0.25, 0.3) is 0 Å². The summed E-state index contributed by atoms with van der Waals surface area (Å²) in [5.74, 6) is 0.884. The smallest absolute Gasteiger partial charge is 0.261 e. The van der Waals surface area contributed by atoms with Crippen LogP contribution in [0.15, 0.2) is 36.5 Å². The number of nitrogens with one attached hydrogen (secondary N) is 2. The first kappa shape index (κ1) is 19.5. The Hall–Kier alpha value is -2.21. The second-order valence-corrected chi connectivity index (χ2v) is 8.62. The highest BCUT2D eigenvalue weighted by Crippen LogP contribution is 2.36. The molecule has 0 aromatic carbocycles. The Kier molecular flexibility index (Phi) is 6.61. The highest BCUT2D eigenvalue weighted by molar-refractivity contribution is 7.13. The van der Waals surface area contributed by atoms with Crippen LogP contribution in [0.4, 0.5) is 0 Å². The van der Waals surface area contributed by atoms with Gasteiger partial charge in [-0.15, -0.1) is 11.3 Å². The molecule has 0 saturated heterocycles. The number of amides is 2. The van der Waals surface area contributed by atoms with Crippen molar-refractivity contribution < 1.29 is 9.59 Å². The number of rotatable bonds is 6. The minimum atomic E-state index is -0.0807. The summed E-state index contributed by atoms with van der Waals surface area (Å²) in [6, 6.07) is 9.64. The van der Waals surface area contributed by atoms with Crippen molar-refractivity contribution in [3.8, 4) is 0 Å². The molecule has 6 heteroatoms. The maximum absolute atomic E-state index is 12.8. The predicted octanol–water partition coefficient (Wildman–Crippen LogP) is 3.87. The molecule has 2 amide bonds. The molecule has 2 aromatic heterocycles. The lowest BCUT2D eigenvalue weighted by Crippen LogP contribution is -2.37. The van der Waals surface area contributed by atoms with Crippen molar-refractivity contribution >= 4 is 23.2 Å². The number of hydrogen-bond donors (Lipinski definition) is 2. The molecule has 0 spiro atoms. The number of aromatic nitrogens is 1. The monoisotopic (exact) mass is 385 g/mol. The molecule has 144 valence electrons. The van der Waals surface area contributed by atoms with E-state index in [0.29, 0.717) is 11.8 Å². The second kappa shape index (κ2) is 9.13. The van der Waals surface area contributed by atoms with Gasteiger partial charge in [0.25, 0.3) is 5.91 Å². The molecule has 0 unspecified atom stereocenters. The van der Waals surface area contributed by atoms with E-state index in [0.717, 1.165) is 47.7 Å². The van der Waals surface area contributed by atoms with Crippen LogP contribution in [0.3, 0.4) is 0 Å². The fourth-order valence-electron chi connectivity index (χ4n) is 3.78. The van der Waals surface area contributed by atoms with Gasteiger partial charge < -0.3 is 10.6 Å². The lowest BCUT2D eigenvalue weighted by molar-refractivity contribution is -0.119. The minimum Gasteiger partial charge on any atom is -0.356 e. The molecule has 1 saturated carbocycles. The fourth-order valence-corrected chi connectivity index (χ4v) is 4.55. The molecule has 27 heavy (non-hydrogen) atoms. The third-order valence-electron chi connectivity index (χ3n) is 5.26. The Labute approximate surface area is 164 Å². The molecule has 1 fully saturated rings. The number of pyridine rings is 1. The molecule has 0 radical (unpaired) electrons. The van der Waals surface area contributed by atoms with Crippen LogP contribution < -0.4 is 10.6 Å². The summed E-state index contributed by atoms with van der Waals surface area (Å²) in [7, 11) is 0. The van der Waals surface area contributed by atoms with Crippen LogP contribution in [-0.2, 0) is 4.79 Å². The molecule has 2 heterocycles. The number of carbonyl (C=O) groups excluding carboxylic acids is 2. The average molecular weight is 386 g/mol. The zero-order valence-electron chi connectivity index (χ0n) is 15.9. The van der Waals surface area contributed by atoms with E-state index < -0.39 is 0 Å². The normalized spacial score (nSPS) is 20.7. The van der Waals surface area contributed by atoms with Gasteiger partial charge in [-0.05, 0) is 68.7 Å². The van der Waals surface area contributed by atoms with E-state index in [1.54, 1.807) is 13.1 Å². The van der Waals surface area contributed by atoms with Gasteiger partial charge in [-0.25, -0.2) is 0 Å². The van der Waals surface area contributed by atoms with E-state index >= 15 is 0 Å². The number of aryl methyl sites for hydroxylation is 1.